The number of hydrogen-bond donors (Lipinski definition) is 1. The number of halogens is 2. The Morgan fingerprint density at radius 3 is 2.60 bits per heavy atom. The molecule has 0 aliphatic carbocycles. The Balaban J connectivity index is 0.00000180. The quantitative estimate of drug-likeness (QED) is 0.855. The van der Waals surface area contributed by atoms with Crippen LogP contribution in [0.2, 0.25) is 0 Å². The van der Waals surface area contributed by atoms with Crippen LogP contribution < -0.4 is 5.32 Å². The maximum Gasteiger partial charge on any atom is 0.409 e. The van der Waals surface area contributed by atoms with Crippen LogP contribution >= 0.6 is 24.8 Å². The van der Waals surface area contributed by atoms with Crippen LogP contribution in [-0.2, 0) is 4.74 Å². The van der Waals surface area contributed by atoms with E-state index in [-0.39, 0.29) is 30.9 Å². The number of hydrogen-bond acceptors (Lipinski definition) is 4. The van der Waals surface area contributed by atoms with Gasteiger partial charge in [-0.1, -0.05) is 0 Å². The van der Waals surface area contributed by atoms with Gasteiger partial charge in [-0.2, -0.15) is 0 Å². The van der Waals surface area contributed by atoms with Crippen LogP contribution in [0, 0.1) is 5.92 Å². The first-order valence-corrected chi connectivity index (χ1v) is 7.14. The Hall–Kier alpha value is -0.230. The van der Waals surface area contributed by atoms with E-state index in [2.05, 4.69) is 10.2 Å². The van der Waals surface area contributed by atoms with Gasteiger partial charge < -0.3 is 19.9 Å². The fourth-order valence-corrected chi connectivity index (χ4v) is 2.85. The molecule has 2 aliphatic rings. The highest BCUT2D eigenvalue weighted by Gasteiger charge is 2.26. The van der Waals surface area contributed by atoms with Crippen LogP contribution in [-0.4, -0.2) is 68.3 Å². The number of amides is 1. The predicted molar refractivity (Wildman–Crippen MR) is 85.1 cm³/mol. The molecule has 2 aliphatic heterocycles. The largest absolute Gasteiger partial charge is 0.450 e. The Labute approximate surface area is 134 Å². The average molecular weight is 328 g/mol. The van der Waals surface area contributed by atoms with Crippen molar-refractivity contribution in [2.45, 2.75) is 19.8 Å². The minimum Gasteiger partial charge on any atom is -0.450 e. The summed E-state index contributed by atoms with van der Waals surface area (Å²) in [5, 5.41) is 3.37. The maximum absolute atomic E-state index is 11.7. The van der Waals surface area contributed by atoms with E-state index in [1.165, 1.54) is 6.42 Å². The summed E-state index contributed by atoms with van der Waals surface area (Å²) in [4.78, 5) is 16.1. The highest BCUT2D eigenvalue weighted by atomic mass is 35.5. The van der Waals surface area contributed by atoms with Crippen molar-refractivity contribution in [1.29, 1.82) is 0 Å². The number of nitrogens with zero attached hydrogens (tertiary/aromatic N) is 2. The molecule has 20 heavy (non-hydrogen) atoms. The van der Waals surface area contributed by atoms with Crippen LogP contribution in [0.1, 0.15) is 19.8 Å². The number of piperazine rings is 1. The van der Waals surface area contributed by atoms with Crippen LogP contribution in [0.3, 0.4) is 0 Å². The zero-order valence-electron chi connectivity index (χ0n) is 12.2. The van der Waals surface area contributed by atoms with Gasteiger partial charge >= 0.3 is 6.09 Å². The van der Waals surface area contributed by atoms with Crippen molar-refractivity contribution in [3.63, 3.8) is 0 Å². The van der Waals surface area contributed by atoms with Gasteiger partial charge in [-0.3, -0.25) is 0 Å². The summed E-state index contributed by atoms with van der Waals surface area (Å²) in [6.45, 7) is 9.63. The van der Waals surface area contributed by atoms with E-state index in [9.17, 15) is 4.79 Å². The third-order valence-corrected chi connectivity index (χ3v) is 3.77. The zero-order valence-corrected chi connectivity index (χ0v) is 13.8. The van der Waals surface area contributed by atoms with E-state index >= 15 is 0 Å². The summed E-state index contributed by atoms with van der Waals surface area (Å²) < 4.78 is 5.08. The molecule has 1 amide bonds. The van der Waals surface area contributed by atoms with Crippen LogP contribution in [0.15, 0.2) is 0 Å². The molecule has 120 valence electrons. The summed E-state index contributed by atoms with van der Waals surface area (Å²) >= 11 is 0. The first-order chi connectivity index (χ1) is 8.79. The van der Waals surface area contributed by atoms with E-state index in [0.717, 1.165) is 52.2 Å². The molecular weight excluding hydrogens is 301 g/mol. The van der Waals surface area contributed by atoms with Gasteiger partial charge in [0.15, 0.2) is 0 Å². The van der Waals surface area contributed by atoms with Crippen molar-refractivity contribution >= 4 is 30.9 Å². The van der Waals surface area contributed by atoms with E-state index in [1.807, 2.05) is 11.8 Å². The van der Waals surface area contributed by atoms with Gasteiger partial charge in [-0.25, -0.2) is 4.79 Å². The summed E-state index contributed by atoms with van der Waals surface area (Å²) in [7, 11) is 0. The topological polar surface area (TPSA) is 44.8 Å². The molecule has 0 aromatic carbocycles. The van der Waals surface area contributed by atoms with Crippen molar-refractivity contribution in [1.82, 2.24) is 15.1 Å². The second-order valence-corrected chi connectivity index (χ2v) is 5.20. The SMILES string of the molecule is CCOC(=O)N1CCCC(CN2CCNCC2)C1.Cl.Cl. The summed E-state index contributed by atoms with van der Waals surface area (Å²) in [6, 6.07) is 0. The molecule has 2 fully saturated rings. The first-order valence-electron chi connectivity index (χ1n) is 7.14. The minimum atomic E-state index is -0.137. The summed E-state index contributed by atoms with van der Waals surface area (Å²) in [5.41, 5.74) is 0. The van der Waals surface area contributed by atoms with Crippen molar-refractivity contribution in [2.75, 3.05) is 52.4 Å². The average Bonchev–Trinajstić information content (AvgIpc) is 2.40. The van der Waals surface area contributed by atoms with Gasteiger partial charge in [-0.15, -0.1) is 24.8 Å². The standard InChI is InChI=1S/C13H25N3O2.2ClH/c1-2-18-13(17)16-7-3-4-12(11-16)10-15-8-5-14-6-9-15;;/h12,14H,2-11H2,1H3;2*1H. The summed E-state index contributed by atoms with van der Waals surface area (Å²) in [5.74, 6) is 0.612. The Morgan fingerprint density at radius 1 is 1.25 bits per heavy atom. The number of nitrogens with one attached hydrogen (secondary N) is 1. The monoisotopic (exact) mass is 327 g/mol. The van der Waals surface area contributed by atoms with Crippen molar-refractivity contribution in [3.05, 3.63) is 0 Å². The number of carbonyl (C=O) groups excluding carboxylic acids is 1. The first kappa shape index (κ1) is 19.8. The molecule has 0 aromatic heterocycles. The van der Waals surface area contributed by atoms with Crippen molar-refractivity contribution in [2.24, 2.45) is 5.92 Å². The number of carbonyl (C=O) groups is 1. The molecular formula is C13H27Cl2N3O2. The van der Waals surface area contributed by atoms with Gasteiger partial charge in [-0.05, 0) is 25.7 Å². The molecule has 0 spiro atoms. The van der Waals surface area contributed by atoms with Crippen LogP contribution in [0.25, 0.3) is 0 Å². The minimum absolute atomic E-state index is 0. The fourth-order valence-electron chi connectivity index (χ4n) is 2.85. The molecule has 2 rings (SSSR count). The second-order valence-electron chi connectivity index (χ2n) is 5.20. The van der Waals surface area contributed by atoms with Gasteiger partial charge in [0.25, 0.3) is 0 Å². The van der Waals surface area contributed by atoms with E-state index in [4.69, 9.17) is 4.74 Å². The smallest absolute Gasteiger partial charge is 0.409 e. The van der Waals surface area contributed by atoms with Gasteiger partial charge in [0.2, 0.25) is 0 Å². The highest BCUT2D eigenvalue weighted by molar-refractivity contribution is 5.85. The Bertz CT molecular complexity index is 276. The molecule has 0 saturated carbocycles. The zero-order chi connectivity index (χ0) is 12.8. The molecule has 0 aromatic rings. The molecule has 7 heteroatoms. The lowest BCUT2D eigenvalue weighted by Crippen LogP contribution is -2.48. The molecule has 0 bridgehead atoms. The predicted octanol–water partition coefficient (Wildman–Crippen LogP) is 1.60. The molecule has 2 heterocycles. The lowest BCUT2D eigenvalue weighted by atomic mass is 9.97. The molecule has 1 atom stereocenters. The Kier molecular flexibility index (Phi) is 10.4. The number of ether oxygens (including phenoxy) is 1. The molecule has 5 nitrogen and oxygen atoms in total. The molecule has 1 N–H and O–H groups in total. The van der Waals surface area contributed by atoms with Gasteiger partial charge in [0.1, 0.15) is 0 Å². The van der Waals surface area contributed by atoms with Crippen molar-refractivity contribution < 1.29 is 9.53 Å². The normalized spacial score (nSPS) is 23.4. The summed E-state index contributed by atoms with van der Waals surface area (Å²) in [6.07, 6.45) is 2.21. The maximum atomic E-state index is 11.7. The lowest BCUT2D eigenvalue weighted by molar-refractivity contribution is 0.0789. The second kappa shape index (κ2) is 10.5. The van der Waals surface area contributed by atoms with Crippen LogP contribution in [0.5, 0.6) is 0 Å². The van der Waals surface area contributed by atoms with Crippen molar-refractivity contribution in [3.8, 4) is 0 Å². The van der Waals surface area contributed by atoms with Crippen LogP contribution in [0.4, 0.5) is 4.79 Å². The lowest BCUT2D eigenvalue weighted by Gasteiger charge is -2.36. The number of likely N-dealkylation sites (tertiary alicyclic amines) is 1. The van der Waals surface area contributed by atoms with E-state index < -0.39 is 0 Å². The molecule has 2 saturated heterocycles. The number of piperidine rings is 1. The highest BCUT2D eigenvalue weighted by Crippen LogP contribution is 2.18. The number of rotatable bonds is 3. The third kappa shape index (κ3) is 6.04. The molecule has 0 radical (unpaired) electrons. The Morgan fingerprint density at radius 2 is 1.95 bits per heavy atom. The third-order valence-electron chi connectivity index (χ3n) is 3.77. The van der Waals surface area contributed by atoms with E-state index in [1.54, 1.807) is 0 Å². The van der Waals surface area contributed by atoms with Gasteiger partial charge in [0.05, 0.1) is 6.61 Å². The molecule has 1 unspecified atom stereocenters. The van der Waals surface area contributed by atoms with E-state index in [0.29, 0.717) is 12.5 Å². The fraction of sp³-hybridized carbons (Fsp3) is 0.923. The van der Waals surface area contributed by atoms with Gasteiger partial charge in [0, 0.05) is 45.8 Å².